The second-order valence-electron chi connectivity index (χ2n) is 12.4. The Labute approximate surface area is 250 Å². The zero-order chi connectivity index (χ0) is 30.2. The summed E-state index contributed by atoms with van der Waals surface area (Å²) >= 11 is 0. The van der Waals surface area contributed by atoms with Crippen molar-refractivity contribution >= 4 is 29.3 Å². The van der Waals surface area contributed by atoms with Crippen LogP contribution in [0.1, 0.15) is 41.0 Å². The minimum atomic E-state index is -1.31. The van der Waals surface area contributed by atoms with Crippen LogP contribution in [0.5, 0.6) is 5.75 Å². The molecule has 3 aromatic rings. The summed E-state index contributed by atoms with van der Waals surface area (Å²) in [7, 11) is 1.53. The van der Waals surface area contributed by atoms with Gasteiger partial charge in [-0.25, -0.2) is 0 Å². The first-order valence-corrected chi connectivity index (χ1v) is 14.7. The number of hydrogen-bond donors (Lipinski definition) is 2. The second-order valence-corrected chi connectivity index (χ2v) is 12.4. The minimum Gasteiger partial charge on any atom is -0.508 e. The molecule has 8 nitrogen and oxygen atoms in total. The summed E-state index contributed by atoms with van der Waals surface area (Å²) < 4.78 is 0. The van der Waals surface area contributed by atoms with Gasteiger partial charge in [-0.2, -0.15) is 5.01 Å². The highest BCUT2D eigenvalue weighted by molar-refractivity contribution is 6.13. The number of fused-ring (bicyclic) bond motifs is 4. The van der Waals surface area contributed by atoms with Gasteiger partial charge in [0.05, 0.1) is 28.9 Å². The second kappa shape index (κ2) is 9.66. The van der Waals surface area contributed by atoms with Gasteiger partial charge in [0, 0.05) is 13.0 Å². The highest BCUT2D eigenvalue weighted by Crippen LogP contribution is 2.64. The molecule has 8 heteroatoms. The van der Waals surface area contributed by atoms with E-state index in [0.29, 0.717) is 17.7 Å². The summed E-state index contributed by atoms with van der Waals surface area (Å²) in [5.41, 5.74) is 6.50. The van der Waals surface area contributed by atoms with E-state index in [0.717, 1.165) is 27.3 Å². The van der Waals surface area contributed by atoms with Gasteiger partial charge in [-0.1, -0.05) is 71.8 Å². The first kappa shape index (κ1) is 27.1. The van der Waals surface area contributed by atoms with E-state index in [1.54, 1.807) is 13.0 Å². The number of nitrogens with one attached hydrogen (secondary N) is 1. The Balaban J connectivity index is 1.47. The molecule has 0 spiro atoms. The zero-order valence-electron chi connectivity index (χ0n) is 24.3. The predicted octanol–water partition coefficient (Wildman–Crippen LogP) is 4.62. The number of phenolic OH excluding ortho intramolecular Hbond substituents is 1. The van der Waals surface area contributed by atoms with Crippen LogP contribution in [-0.2, 0) is 24.6 Å². The maximum atomic E-state index is 15.0. The van der Waals surface area contributed by atoms with Gasteiger partial charge < -0.3 is 5.11 Å². The summed E-state index contributed by atoms with van der Waals surface area (Å²) in [4.78, 5) is 57.3. The third kappa shape index (κ3) is 3.75. The summed E-state index contributed by atoms with van der Waals surface area (Å²) in [5, 5.41) is 11.6. The fourth-order valence-electron chi connectivity index (χ4n) is 8.14. The molecule has 4 aliphatic rings. The topological polar surface area (TPSA) is 107 Å². The molecule has 0 bridgehead atoms. The number of rotatable bonds is 4. The predicted molar refractivity (Wildman–Crippen MR) is 159 cm³/mol. The summed E-state index contributed by atoms with van der Waals surface area (Å²) in [6, 6.07) is 22.2. The van der Waals surface area contributed by atoms with E-state index < -0.39 is 35.0 Å². The maximum Gasteiger partial charge on any atom is 0.260 e. The summed E-state index contributed by atoms with van der Waals surface area (Å²) in [6.45, 7) is 3.77. The largest absolute Gasteiger partial charge is 0.508 e. The van der Waals surface area contributed by atoms with Crippen molar-refractivity contribution < 1.29 is 24.3 Å². The molecule has 2 N–H and O–H groups in total. The Morgan fingerprint density at radius 1 is 0.860 bits per heavy atom. The average Bonchev–Trinajstić information content (AvgIpc) is 3.36. The van der Waals surface area contributed by atoms with Gasteiger partial charge in [-0.05, 0) is 67.5 Å². The molecular weight excluding hydrogens is 542 g/mol. The number of likely N-dealkylation sites (tertiary alicyclic amines) is 1. The number of anilines is 1. The lowest BCUT2D eigenvalue weighted by Crippen LogP contribution is -2.53. The van der Waals surface area contributed by atoms with E-state index in [9.17, 15) is 24.3 Å². The van der Waals surface area contributed by atoms with E-state index in [1.807, 2.05) is 79.7 Å². The number of aryl methyl sites for hydroxylation is 2. The van der Waals surface area contributed by atoms with Crippen LogP contribution in [0, 0.1) is 37.5 Å². The molecule has 2 aliphatic heterocycles. The van der Waals surface area contributed by atoms with Crippen LogP contribution < -0.4 is 5.43 Å². The van der Waals surface area contributed by atoms with Gasteiger partial charge in [-0.3, -0.25) is 29.5 Å². The fraction of sp³-hybridized carbons (Fsp3) is 0.314. The SMILES string of the molecule is Cc1ccc(NN2C(=O)[C@@H]3C[C@@H]4C(=CC[C@@H]5C(=O)N(C)C(=O)[C@@H]54)[C@H](c4ccc(O)c(C)c4)[C@]3(c3ccccc3)C2=O)cc1. The van der Waals surface area contributed by atoms with Crippen molar-refractivity contribution in [2.75, 3.05) is 12.5 Å². The van der Waals surface area contributed by atoms with E-state index in [2.05, 4.69) is 5.43 Å². The number of carbonyl (C=O) groups is 4. The van der Waals surface area contributed by atoms with Crippen molar-refractivity contribution in [3.8, 4) is 5.75 Å². The zero-order valence-corrected chi connectivity index (χ0v) is 24.3. The molecule has 3 aromatic carbocycles. The number of phenols is 1. The maximum absolute atomic E-state index is 15.0. The molecule has 0 radical (unpaired) electrons. The normalized spacial score (nSPS) is 29.7. The molecule has 4 amide bonds. The lowest BCUT2D eigenvalue weighted by molar-refractivity contribution is -0.140. The molecule has 2 heterocycles. The van der Waals surface area contributed by atoms with E-state index in [4.69, 9.17) is 0 Å². The third-order valence-electron chi connectivity index (χ3n) is 10.2. The standard InChI is InChI=1S/C35H33N3O5/c1-19-9-12-23(13-10-19)36-38-32(41)27-18-26-24(14-15-25-29(26)33(42)37(3)31(25)40)30(21-11-16-28(39)20(2)17-21)35(27,34(38)43)22-7-5-4-6-8-22/h4-14,16-17,25-27,29-30,36,39H,15,18H2,1-3H3/t25-,26+,27-,29-,30-,35+/m0/s1. The van der Waals surface area contributed by atoms with Crippen LogP contribution in [0.25, 0.3) is 0 Å². The van der Waals surface area contributed by atoms with Crippen LogP contribution >= 0.6 is 0 Å². The monoisotopic (exact) mass is 575 g/mol. The number of amides is 4. The Kier molecular flexibility index (Phi) is 6.09. The van der Waals surface area contributed by atoms with Gasteiger partial charge in [0.15, 0.2) is 0 Å². The number of benzene rings is 3. The van der Waals surface area contributed by atoms with Crippen molar-refractivity contribution in [3.05, 3.63) is 107 Å². The van der Waals surface area contributed by atoms with Crippen LogP contribution in [0.3, 0.4) is 0 Å². The van der Waals surface area contributed by atoms with Crippen LogP contribution in [-0.4, -0.2) is 45.7 Å². The van der Waals surface area contributed by atoms with E-state index >= 15 is 0 Å². The Morgan fingerprint density at radius 3 is 2.28 bits per heavy atom. The number of allylic oxidation sites excluding steroid dienone is 2. The Hall–Kier alpha value is -4.72. The molecule has 1 saturated carbocycles. The van der Waals surface area contributed by atoms with Gasteiger partial charge >= 0.3 is 0 Å². The molecule has 218 valence electrons. The highest BCUT2D eigenvalue weighted by Gasteiger charge is 2.70. The molecule has 2 aliphatic carbocycles. The lowest BCUT2D eigenvalue weighted by Gasteiger charge is -2.50. The number of carbonyl (C=O) groups excluding carboxylic acids is 4. The van der Waals surface area contributed by atoms with Gasteiger partial charge in [-0.15, -0.1) is 0 Å². The Bertz CT molecular complexity index is 1710. The van der Waals surface area contributed by atoms with Crippen LogP contribution in [0.15, 0.2) is 84.4 Å². The Morgan fingerprint density at radius 2 is 1.58 bits per heavy atom. The van der Waals surface area contributed by atoms with Gasteiger partial charge in [0.25, 0.3) is 11.8 Å². The molecule has 3 fully saturated rings. The number of hydrogen-bond acceptors (Lipinski definition) is 6. The van der Waals surface area contributed by atoms with E-state index in [1.165, 1.54) is 11.9 Å². The molecule has 2 saturated heterocycles. The first-order valence-electron chi connectivity index (χ1n) is 14.7. The number of imide groups is 2. The number of aromatic hydroxyl groups is 1. The smallest absolute Gasteiger partial charge is 0.260 e. The third-order valence-corrected chi connectivity index (χ3v) is 10.2. The summed E-state index contributed by atoms with van der Waals surface area (Å²) in [6.07, 6.45) is 2.69. The van der Waals surface area contributed by atoms with Crippen LogP contribution in [0.2, 0.25) is 0 Å². The minimum absolute atomic E-state index is 0.133. The molecule has 6 atom stereocenters. The van der Waals surface area contributed by atoms with Crippen molar-refractivity contribution in [1.29, 1.82) is 0 Å². The van der Waals surface area contributed by atoms with Gasteiger partial charge in [0.2, 0.25) is 11.8 Å². The average molecular weight is 576 g/mol. The van der Waals surface area contributed by atoms with Crippen LogP contribution in [0.4, 0.5) is 5.69 Å². The van der Waals surface area contributed by atoms with Gasteiger partial charge in [0.1, 0.15) is 5.75 Å². The number of hydrazine groups is 1. The number of nitrogens with zero attached hydrogens (tertiary/aromatic N) is 2. The van der Waals surface area contributed by atoms with E-state index in [-0.39, 0.29) is 35.8 Å². The first-order chi connectivity index (χ1) is 20.6. The summed E-state index contributed by atoms with van der Waals surface area (Å²) in [5.74, 6) is -3.88. The van der Waals surface area contributed by atoms with Crippen molar-refractivity contribution in [3.63, 3.8) is 0 Å². The van der Waals surface area contributed by atoms with Crippen molar-refractivity contribution in [2.24, 2.45) is 23.7 Å². The fourth-order valence-corrected chi connectivity index (χ4v) is 8.14. The molecule has 0 aromatic heterocycles. The molecular formula is C35H33N3O5. The molecule has 0 unspecified atom stereocenters. The molecule has 43 heavy (non-hydrogen) atoms. The van der Waals surface area contributed by atoms with Crippen molar-refractivity contribution in [2.45, 2.75) is 38.0 Å². The quantitative estimate of drug-likeness (QED) is 0.347. The van der Waals surface area contributed by atoms with Crippen molar-refractivity contribution in [1.82, 2.24) is 9.91 Å². The highest BCUT2D eigenvalue weighted by atomic mass is 16.3. The lowest BCUT2D eigenvalue weighted by atomic mass is 9.49. The molecule has 7 rings (SSSR count).